The molecule has 2 aliphatic rings. The maximum Gasteiger partial charge on any atom is 0.0624 e. The summed E-state index contributed by atoms with van der Waals surface area (Å²) in [5.74, 6) is 1.60. The average molecular weight is 227 g/mol. The van der Waals surface area contributed by atoms with E-state index >= 15 is 0 Å². The molecule has 0 amide bonds. The second kappa shape index (κ2) is 5.03. The van der Waals surface area contributed by atoms with Gasteiger partial charge in [-0.05, 0) is 31.6 Å². The molecule has 3 heteroatoms. The van der Waals surface area contributed by atoms with Crippen LogP contribution in [0.15, 0.2) is 0 Å². The van der Waals surface area contributed by atoms with E-state index in [1.54, 1.807) is 0 Å². The van der Waals surface area contributed by atoms with Crippen LogP contribution in [0.5, 0.6) is 0 Å². The molecule has 94 valence electrons. The predicted molar refractivity (Wildman–Crippen MR) is 64.3 cm³/mol. The van der Waals surface area contributed by atoms with Crippen molar-refractivity contribution in [3.8, 4) is 0 Å². The van der Waals surface area contributed by atoms with Crippen LogP contribution in [-0.2, 0) is 4.74 Å². The second-order valence-corrected chi connectivity index (χ2v) is 5.91. The van der Waals surface area contributed by atoms with Gasteiger partial charge in [0.1, 0.15) is 0 Å². The molecule has 1 saturated heterocycles. The van der Waals surface area contributed by atoms with Crippen molar-refractivity contribution >= 4 is 0 Å². The van der Waals surface area contributed by atoms with Gasteiger partial charge in [-0.25, -0.2) is 0 Å². The summed E-state index contributed by atoms with van der Waals surface area (Å²) < 4.78 is 5.60. The van der Waals surface area contributed by atoms with Crippen LogP contribution in [0.3, 0.4) is 0 Å². The largest absolute Gasteiger partial charge is 0.393 e. The summed E-state index contributed by atoms with van der Waals surface area (Å²) in [6.07, 6.45) is 2.01. The fourth-order valence-corrected chi connectivity index (χ4v) is 3.56. The Morgan fingerprint density at radius 1 is 1.12 bits per heavy atom. The SMILES string of the molecule is CC1CC(C)C(C2COCC(C)N2)C(O)C1. The first-order valence-electron chi connectivity index (χ1n) is 6.59. The highest BCUT2D eigenvalue weighted by molar-refractivity contribution is 4.92. The zero-order valence-corrected chi connectivity index (χ0v) is 10.6. The van der Waals surface area contributed by atoms with Gasteiger partial charge in [-0.15, -0.1) is 0 Å². The minimum Gasteiger partial charge on any atom is -0.393 e. The molecule has 1 heterocycles. The fourth-order valence-electron chi connectivity index (χ4n) is 3.56. The standard InChI is InChI=1S/C13H25NO2/c1-8-4-9(2)13(12(15)5-8)11-7-16-6-10(3)14-11/h8-15H,4-7H2,1-3H3. The van der Waals surface area contributed by atoms with Crippen molar-refractivity contribution in [1.29, 1.82) is 0 Å². The molecule has 0 spiro atoms. The quantitative estimate of drug-likeness (QED) is 0.711. The second-order valence-electron chi connectivity index (χ2n) is 5.91. The molecular formula is C13H25NO2. The van der Waals surface area contributed by atoms with Gasteiger partial charge in [-0.2, -0.15) is 0 Å². The van der Waals surface area contributed by atoms with Crippen LogP contribution in [0.2, 0.25) is 0 Å². The van der Waals surface area contributed by atoms with E-state index < -0.39 is 0 Å². The lowest BCUT2D eigenvalue weighted by atomic mass is 9.70. The molecule has 2 rings (SSSR count). The number of morpholine rings is 1. The molecule has 3 nitrogen and oxygen atoms in total. The first-order chi connectivity index (χ1) is 7.58. The van der Waals surface area contributed by atoms with Gasteiger partial charge in [-0.1, -0.05) is 13.8 Å². The first-order valence-corrected chi connectivity index (χ1v) is 6.59. The highest BCUT2D eigenvalue weighted by Gasteiger charge is 2.39. The summed E-state index contributed by atoms with van der Waals surface area (Å²) in [5, 5.41) is 13.8. The van der Waals surface area contributed by atoms with Crippen LogP contribution in [0.25, 0.3) is 0 Å². The molecule has 0 aromatic heterocycles. The molecule has 2 fully saturated rings. The molecule has 1 aliphatic heterocycles. The normalized spacial score (nSPS) is 50.2. The number of rotatable bonds is 1. The van der Waals surface area contributed by atoms with Gasteiger partial charge in [0.25, 0.3) is 0 Å². The lowest BCUT2D eigenvalue weighted by Gasteiger charge is -2.44. The summed E-state index contributed by atoms with van der Waals surface area (Å²) >= 11 is 0. The van der Waals surface area contributed by atoms with E-state index in [1.807, 2.05) is 0 Å². The number of hydrogen-bond acceptors (Lipinski definition) is 3. The summed E-state index contributed by atoms with van der Waals surface area (Å²) in [6, 6.07) is 0.749. The van der Waals surface area contributed by atoms with E-state index in [-0.39, 0.29) is 6.10 Å². The first kappa shape index (κ1) is 12.3. The smallest absolute Gasteiger partial charge is 0.0624 e. The molecule has 6 atom stereocenters. The van der Waals surface area contributed by atoms with Crippen molar-refractivity contribution in [2.75, 3.05) is 13.2 Å². The van der Waals surface area contributed by atoms with Crippen LogP contribution < -0.4 is 5.32 Å². The highest BCUT2D eigenvalue weighted by Crippen LogP contribution is 2.36. The van der Waals surface area contributed by atoms with Crippen molar-refractivity contribution in [2.45, 2.75) is 51.8 Å². The van der Waals surface area contributed by atoms with Gasteiger partial charge in [-0.3, -0.25) is 0 Å². The van der Waals surface area contributed by atoms with Crippen LogP contribution in [0.1, 0.15) is 33.6 Å². The summed E-state index contributed by atoms with van der Waals surface area (Å²) in [4.78, 5) is 0. The van der Waals surface area contributed by atoms with E-state index in [2.05, 4.69) is 26.1 Å². The molecule has 1 aliphatic carbocycles. The molecule has 0 radical (unpaired) electrons. The van der Waals surface area contributed by atoms with Crippen LogP contribution >= 0.6 is 0 Å². The molecule has 1 saturated carbocycles. The Labute approximate surface area is 98.6 Å². The van der Waals surface area contributed by atoms with Gasteiger partial charge in [0, 0.05) is 18.0 Å². The van der Waals surface area contributed by atoms with Crippen molar-refractivity contribution < 1.29 is 9.84 Å². The molecule has 16 heavy (non-hydrogen) atoms. The van der Waals surface area contributed by atoms with E-state index in [0.29, 0.717) is 29.8 Å². The van der Waals surface area contributed by atoms with Crippen LogP contribution in [0, 0.1) is 17.8 Å². The number of aliphatic hydroxyl groups is 1. The van der Waals surface area contributed by atoms with Crippen LogP contribution in [0.4, 0.5) is 0 Å². The number of aliphatic hydroxyl groups excluding tert-OH is 1. The Bertz CT molecular complexity index is 222. The number of nitrogens with one attached hydrogen (secondary N) is 1. The van der Waals surface area contributed by atoms with E-state index in [0.717, 1.165) is 19.6 Å². The molecule has 0 aromatic carbocycles. The van der Waals surface area contributed by atoms with E-state index in [9.17, 15) is 5.11 Å². The Hall–Kier alpha value is -0.120. The van der Waals surface area contributed by atoms with Crippen molar-refractivity contribution in [1.82, 2.24) is 5.32 Å². The zero-order valence-electron chi connectivity index (χ0n) is 10.6. The zero-order chi connectivity index (χ0) is 11.7. The van der Waals surface area contributed by atoms with Gasteiger partial charge >= 0.3 is 0 Å². The fraction of sp³-hybridized carbons (Fsp3) is 1.00. The van der Waals surface area contributed by atoms with Crippen LogP contribution in [-0.4, -0.2) is 36.5 Å². The summed E-state index contributed by atoms with van der Waals surface area (Å²) in [7, 11) is 0. The third-order valence-corrected chi connectivity index (χ3v) is 4.15. The molecule has 6 unspecified atom stereocenters. The average Bonchev–Trinajstić information content (AvgIpc) is 2.15. The minimum atomic E-state index is -0.162. The third kappa shape index (κ3) is 2.58. The summed E-state index contributed by atoms with van der Waals surface area (Å²) in [6.45, 7) is 8.21. The lowest BCUT2D eigenvalue weighted by Crippen LogP contribution is -2.56. The molecular weight excluding hydrogens is 202 g/mol. The Morgan fingerprint density at radius 3 is 2.50 bits per heavy atom. The summed E-state index contributed by atoms with van der Waals surface area (Å²) in [5.41, 5.74) is 0. The van der Waals surface area contributed by atoms with Gasteiger partial charge in [0.2, 0.25) is 0 Å². The Morgan fingerprint density at radius 2 is 1.88 bits per heavy atom. The van der Waals surface area contributed by atoms with Crippen molar-refractivity contribution in [2.24, 2.45) is 17.8 Å². The predicted octanol–water partition coefficient (Wildman–Crippen LogP) is 1.41. The lowest BCUT2D eigenvalue weighted by molar-refractivity contribution is -0.0478. The number of hydrogen-bond donors (Lipinski definition) is 2. The maximum atomic E-state index is 10.3. The van der Waals surface area contributed by atoms with Crippen molar-refractivity contribution in [3.63, 3.8) is 0 Å². The monoisotopic (exact) mass is 227 g/mol. The minimum absolute atomic E-state index is 0.162. The maximum absolute atomic E-state index is 10.3. The van der Waals surface area contributed by atoms with E-state index in [4.69, 9.17) is 4.74 Å². The van der Waals surface area contributed by atoms with E-state index in [1.165, 1.54) is 6.42 Å². The molecule has 0 bridgehead atoms. The third-order valence-electron chi connectivity index (χ3n) is 4.15. The topological polar surface area (TPSA) is 41.5 Å². The Balaban J connectivity index is 2.01. The Kier molecular flexibility index (Phi) is 3.88. The van der Waals surface area contributed by atoms with Gasteiger partial charge in [0.05, 0.1) is 19.3 Å². The van der Waals surface area contributed by atoms with Gasteiger partial charge < -0.3 is 15.2 Å². The van der Waals surface area contributed by atoms with Gasteiger partial charge in [0.15, 0.2) is 0 Å². The molecule has 0 aromatic rings. The highest BCUT2D eigenvalue weighted by atomic mass is 16.5. The number of ether oxygens (including phenoxy) is 1. The molecule has 2 N–H and O–H groups in total. The van der Waals surface area contributed by atoms with Crippen molar-refractivity contribution in [3.05, 3.63) is 0 Å².